The molecule has 0 aromatic heterocycles. The minimum atomic E-state index is -4.52. The van der Waals surface area contributed by atoms with E-state index in [1.807, 2.05) is 0 Å². The smallest absolute Gasteiger partial charge is 0.428 e. The fourth-order valence-corrected chi connectivity index (χ4v) is 1.36. The van der Waals surface area contributed by atoms with E-state index in [-0.39, 0.29) is 18.2 Å². The summed E-state index contributed by atoms with van der Waals surface area (Å²) in [5, 5.41) is 0. The van der Waals surface area contributed by atoms with Gasteiger partial charge in [0.05, 0.1) is 0 Å². The van der Waals surface area contributed by atoms with E-state index < -0.39 is 18.6 Å². The maximum atomic E-state index is 12.7. The highest BCUT2D eigenvalue weighted by molar-refractivity contribution is 5.85. The monoisotopic (exact) mass is 302 g/mol. The van der Waals surface area contributed by atoms with Crippen LogP contribution in [0.4, 0.5) is 17.6 Å². The van der Waals surface area contributed by atoms with E-state index in [9.17, 15) is 17.6 Å². The third-order valence-corrected chi connectivity index (χ3v) is 2.27. The normalized spacial score (nSPS) is 13.0. The van der Waals surface area contributed by atoms with Crippen LogP contribution in [0.1, 0.15) is 18.0 Å². The molecule has 4 N–H and O–H groups in total. The molecule has 0 heterocycles. The largest absolute Gasteiger partial charge is 0.461 e. The van der Waals surface area contributed by atoms with Gasteiger partial charge >= 0.3 is 12.5 Å². The van der Waals surface area contributed by atoms with Gasteiger partial charge in [-0.05, 0) is 30.7 Å². The maximum Gasteiger partial charge on any atom is 0.461 e. The molecule has 0 aliphatic rings. The van der Waals surface area contributed by atoms with E-state index in [0.29, 0.717) is 18.5 Å². The summed E-state index contributed by atoms with van der Waals surface area (Å²) in [6, 6.07) is 4.92. The van der Waals surface area contributed by atoms with Gasteiger partial charge in [-0.3, -0.25) is 0 Å². The molecule has 19 heavy (non-hydrogen) atoms. The van der Waals surface area contributed by atoms with Crippen molar-refractivity contribution in [3.8, 4) is 5.75 Å². The Hall–Kier alpha value is -1.05. The summed E-state index contributed by atoms with van der Waals surface area (Å²) in [6.07, 6.45) is -7.95. The lowest BCUT2D eigenvalue weighted by molar-refractivity contribution is -0.253. The van der Waals surface area contributed by atoms with Crippen LogP contribution >= 0.6 is 12.4 Å². The highest BCUT2D eigenvalue weighted by atomic mass is 35.5. The van der Waals surface area contributed by atoms with E-state index >= 15 is 0 Å². The molecule has 0 saturated heterocycles. The molecule has 0 unspecified atom stereocenters. The van der Waals surface area contributed by atoms with Crippen molar-refractivity contribution in [2.45, 2.75) is 25.0 Å². The van der Waals surface area contributed by atoms with Gasteiger partial charge in [-0.1, -0.05) is 12.1 Å². The van der Waals surface area contributed by atoms with Crippen LogP contribution in [0, 0.1) is 0 Å². The molecule has 1 atom stereocenters. The van der Waals surface area contributed by atoms with Gasteiger partial charge < -0.3 is 16.2 Å². The third kappa shape index (κ3) is 5.22. The average molecular weight is 303 g/mol. The Morgan fingerprint density at radius 1 is 1.26 bits per heavy atom. The quantitative estimate of drug-likeness (QED) is 0.794. The van der Waals surface area contributed by atoms with E-state index in [2.05, 4.69) is 4.74 Å². The molecule has 0 radical (unpaired) electrons. The van der Waals surface area contributed by atoms with Crippen LogP contribution in [-0.4, -0.2) is 19.1 Å². The Morgan fingerprint density at radius 2 is 1.89 bits per heavy atom. The second-order valence-corrected chi connectivity index (χ2v) is 3.72. The molecule has 8 heteroatoms. The number of nitrogens with two attached hydrogens (primary N) is 2. The number of halogens is 5. The first kappa shape index (κ1) is 17.9. The number of hydrogen-bond donors (Lipinski definition) is 2. The summed E-state index contributed by atoms with van der Waals surface area (Å²) in [6.45, 7) is 0.333. The van der Waals surface area contributed by atoms with Crippen molar-refractivity contribution in [3.63, 3.8) is 0 Å². The summed E-state index contributed by atoms with van der Waals surface area (Å²) in [5.74, 6) is -0.356. The lowest BCUT2D eigenvalue weighted by Crippen LogP contribution is -2.33. The minimum Gasteiger partial charge on any atom is -0.428 e. The molecule has 0 amide bonds. The van der Waals surface area contributed by atoms with Crippen molar-refractivity contribution in [1.29, 1.82) is 0 Å². The average Bonchev–Trinajstić information content (AvgIpc) is 2.29. The van der Waals surface area contributed by atoms with E-state index in [1.54, 1.807) is 6.07 Å². The minimum absolute atomic E-state index is 0. The van der Waals surface area contributed by atoms with Crippen molar-refractivity contribution in [3.05, 3.63) is 29.8 Å². The van der Waals surface area contributed by atoms with Gasteiger partial charge in [-0.2, -0.15) is 17.6 Å². The van der Waals surface area contributed by atoms with Gasteiger partial charge in [-0.25, -0.2) is 0 Å². The van der Waals surface area contributed by atoms with E-state index in [1.165, 1.54) is 12.1 Å². The van der Waals surface area contributed by atoms with Gasteiger partial charge in [0, 0.05) is 6.04 Å². The van der Waals surface area contributed by atoms with Gasteiger partial charge in [0.15, 0.2) is 0 Å². The SMILES string of the molecule is Cl.NCC[C@H](N)c1cccc(OC(F)(F)C(F)F)c1. The first-order valence-electron chi connectivity index (χ1n) is 5.27. The summed E-state index contributed by atoms with van der Waals surface area (Å²) in [5.41, 5.74) is 11.5. The van der Waals surface area contributed by atoms with Crippen LogP contribution in [0.2, 0.25) is 0 Å². The van der Waals surface area contributed by atoms with Crippen LogP contribution < -0.4 is 16.2 Å². The predicted octanol–water partition coefficient (Wildman–Crippen LogP) is 2.69. The molecule has 0 saturated carbocycles. The standard InChI is InChI=1S/C11H14F4N2O.ClH/c12-10(13)11(14,15)18-8-3-1-2-7(6-8)9(17)4-5-16;/h1-3,6,9-10H,4-5,16-17H2;1H/t9-;/m0./s1. The van der Waals surface area contributed by atoms with Crippen molar-refractivity contribution in [2.24, 2.45) is 11.5 Å². The molecular weight excluding hydrogens is 288 g/mol. The molecule has 0 fully saturated rings. The molecule has 1 rings (SSSR count). The number of rotatable bonds is 6. The lowest BCUT2D eigenvalue weighted by Gasteiger charge is -2.18. The number of ether oxygens (including phenoxy) is 1. The van der Waals surface area contributed by atoms with Crippen LogP contribution in [0.3, 0.4) is 0 Å². The predicted molar refractivity (Wildman–Crippen MR) is 65.9 cm³/mol. The molecule has 1 aromatic carbocycles. The molecule has 110 valence electrons. The van der Waals surface area contributed by atoms with Crippen LogP contribution in [-0.2, 0) is 0 Å². The number of hydrogen-bond acceptors (Lipinski definition) is 3. The second kappa shape index (κ2) is 7.52. The van der Waals surface area contributed by atoms with E-state index in [0.717, 1.165) is 6.07 Å². The zero-order valence-corrected chi connectivity index (χ0v) is 10.7. The van der Waals surface area contributed by atoms with Crippen LogP contribution in [0.15, 0.2) is 24.3 Å². The summed E-state index contributed by atoms with van der Waals surface area (Å²) < 4.78 is 53.3. The summed E-state index contributed by atoms with van der Waals surface area (Å²) in [4.78, 5) is 0. The first-order chi connectivity index (χ1) is 8.36. The topological polar surface area (TPSA) is 61.3 Å². The molecule has 1 aromatic rings. The zero-order chi connectivity index (χ0) is 13.8. The Bertz CT molecular complexity index is 393. The van der Waals surface area contributed by atoms with E-state index in [4.69, 9.17) is 11.5 Å². The van der Waals surface area contributed by atoms with Crippen molar-refractivity contribution < 1.29 is 22.3 Å². The Balaban J connectivity index is 0.00000324. The Kier molecular flexibility index (Phi) is 7.10. The third-order valence-electron chi connectivity index (χ3n) is 2.27. The fraction of sp³-hybridized carbons (Fsp3) is 0.455. The van der Waals surface area contributed by atoms with Gasteiger partial charge in [-0.15, -0.1) is 12.4 Å². The highest BCUT2D eigenvalue weighted by Crippen LogP contribution is 2.29. The maximum absolute atomic E-state index is 12.7. The van der Waals surface area contributed by atoms with Crippen molar-refractivity contribution >= 4 is 12.4 Å². The summed E-state index contributed by atoms with van der Waals surface area (Å²) >= 11 is 0. The second-order valence-electron chi connectivity index (χ2n) is 3.72. The molecular formula is C11H15ClF4N2O. The molecule has 3 nitrogen and oxygen atoms in total. The zero-order valence-electron chi connectivity index (χ0n) is 9.86. The Labute approximate surface area is 114 Å². The highest BCUT2D eigenvalue weighted by Gasteiger charge is 2.43. The van der Waals surface area contributed by atoms with Crippen molar-refractivity contribution in [1.82, 2.24) is 0 Å². The molecule has 0 spiro atoms. The Morgan fingerprint density at radius 3 is 2.42 bits per heavy atom. The summed E-state index contributed by atoms with van der Waals surface area (Å²) in [7, 11) is 0. The molecule has 0 aliphatic heterocycles. The number of benzene rings is 1. The fourth-order valence-electron chi connectivity index (χ4n) is 1.36. The molecule has 0 aliphatic carbocycles. The van der Waals surface area contributed by atoms with Crippen molar-refractivity contribution in [2.75, 3.05) is 6.54 Å². The van der Waals surface area contributed by atoms with Gasteiger partial charge in [0.1, 0.15) is 5.75 Å². The van der Waals surface area contributed by atoms with Gasteiger partial charge in [0.25, 0.3) is 0 Å². The first-order valence-corrected chi connectivity index (χ1v) is 5.27. The van der Waals surface area contributed by atoms with Crippen LogP contribution in [0.5, 0.6) is 5.75 Å². The van der Waals surface area contributed by atoms with Crippen LogP contribution in [0.25, 0.3) is 0 Å². The molecule has 0 bridgehead atoms. The van der Waals surface area contributed by atoms with Gasteiger partial charge in [0.2, 0.25) is 0 Å². The number of alkyl halides is 4. The lowest BCUT2D eigenvalue weighted by atomic mass is 10.0.